The highest BCUT2D eigenvalue weighted by Crippen LogP contribution is 2.18. The van der Waals surface area contributed by atoms with Gasteiger partial charge in [0, 0.05) is 20.1 Å². The number of aliphatic carboxylic acids is 1. The molecule has 3 heterocycles. The fraction of sp³-hybridized carbons (Fsp3) is 0.462. The van der Waals surface area contributed by atoms with Crippen LogP contribution in [0.25, 0.3) is 11.0 Å². The molecule has 9 nitrogen and oxygen atoms in total. The Hall–Kier alpha value is -2.23. The molecular formula is C13H14BrN5O4. The fourth-order valence-electron chi connectivity index (χ4n) is 2.68. The van der Waals surface area contributed by atoms with Gasteiger partial charge in [-0.25, -0.2) is 9.67 Å². The molecule has 1 N–H and O–H groups in total. The van der Waals surface area contributed by atoms with Crippen LogP contribution in [0.4, 0.5) is 0 Å². The first-order valence-electron chi connectivity index (χ1n) is 6.96. The van der Waals surface area contributed by atoms with Gasteiger partial charge in [0.15, 0.2) is 5.65 Å². The first kappa shape index (κ1) is 15.7. The number of nitrogens with zero attached hydrogens (tertiary/aromatic N) is 5. The van der Waals surface area contributed by atoms with Gasteiger partial charge in [0.1, 0.15) is 22.9 Å². The van der Waals surface area contributed by atoms with Gasteiger partial charge in [-0.3, -0.25) is 19.0 Å². The number of amides is 1. The van der Waals surface area contributed by atoms with E-state index in [2.05, 4.69) is 26.0 Å². The lowest BCUT2D eigenvalue weighted by molar-refractivity contribution is -0.141. The van der Waals surface area contributed by atoms with Crippen molar-refractivity contribution in [2.45, 2.75) is 13.0 Å². The van der Waals surface area contributed by atoms with Crippen LogP contribution in [-0.4, -0.2) is 54.3 Å². The molecule has 0 spiro atoms. The molecule has 1 aliphatic rings. The average Bonchev–Trinajstić information content (AvgIpc) is 3.08. The molecule has 0 radical (unpaired) electrons. The Morgan fingerprint density at radius 3 is 2.87 bits per heavy atom. The van der Waals surface area contributed by atoms with Crippen LogP contribution in [0, 0.1) is 5.92 Å². The summed E-state index contributed by atoms with van der Waals surface area (Å²) in [5.41, 5.74) is 0.0648. The number of halogens is 1. The lowest BCUT2D eigenvalue weighted by Gasteiger charge is -2.16. The minimum absolute atomic E-state index is 0.171. The van der Waals surface area contributed by atoms with Gasteiger partial charge in [-0.05, 0) is 22.4 Å². The smallest absolute Gasteiger partial charge is 0.308 e. The number of hydrogen-bond donors (Lipinski definition) is 1. The Balaban J connectivity index is 1.83. The molecule has 0 bridgehead atoms. The van der Waals surface area contributed by atoms with E-state index >= 15 is 0 Å². The second kappa shape index (κ2) is 5.76. The van der Waals surface area contributed by atoms with Gasteiger partial charge >= 0.3 is 5.97 Å². The number of hydrogen-bond acceptors (Lipinski definition) is 5. The van der Waals surface area contributed by atoms with E-state index in [0.717, 1.165) is 0 Å². The van der Waals surface area contributed by atoms with E-state index in [9.17, 15) is 14.4 Å². The Bertz CT molecular complexity index is 858. The molecule has 122 valence electrons. The number of carbonyl (C=O) groups excluding carboxylic acids is 1. The predicted molar refractivity (Wildman–Crippen MR) is 82.8 cm³/mol. The van der Waals surface area contributed by atoms with Gasteiger partial charge in [0.25, 0.3) is 5.56 Å². The standard InChI is InChI=1S/C13H14BrN5O4/c1-17-11-9(10(14)16-17)12(21)19(6-15-11)5-8(20)18-3-2-7(4-18)13(22)23/h6-7H,2-5H2,1H3,(H,22,23)/t7-/m0/s1. The third-order valence-corrected chi connectivity index (χ3v) is 4.52. The highest BCUT2D eigenvalue weighted by molar-refractivity contribution is 9.10. The van der Waals surface area contributed by atoms with Crippen LogP contribution in [-0.2, 0) is 23.2 Å². The Labute approximate surface area is 138 Å². The van der Waals surface area contributed by atoms with Crippen LogP contribution in [0.1, 0.15) is 6.42 Å². The van der Waals surface area contributed by atoms with Crippen LogP contribution in [0.3, 0.4) is 0 Å². The molecule has 23 heavy (non-hydrogen) atoms. The number of aryl methyl sites for hydroxylation is 1. The Morgan fingerprint density at radius 2 is 2.22 bits per heavy atom. The van der Waals surface area contributed by atoms with E-state index < -0.39 is 11.9 Å². The largest absolute Gasteiger partial charge is 0.481 e. The molecule has 3 rings (SSSR count). The van der Waals surface area contributed by atoms with Crippen LogP contribution in [0.2, 0.25) is 0 Å². The first-order valence-corrected chi connectivity index (χ1v) is 7.76. The van der Waals surface area contributed by atoms with E-state index in [1.54, 1.807) is 7.05 Å². The van der Waals surface area contributed by atoms with Crippen molar-refractivity contribution in [2.75, 3.05) is 13.1 Å². The van der Waals surface area contributed by atoms with Gasteiger partial charge in [-0.1, -0.05) is 0 Å². The molecule has 2 aromatic heterocycles. The van der Waals surface area contributed by atoms with Crippen molar-refractivity contribution >= 4 is 38.8 Å². The zero-order valence-corrected chi connectivity index (χ0v) is 13.9. The summed E-state index contributed by atoms with van der Waals surface area (Å²) in [5.74, 6) is -1.74. The average molecular weight is 384 g/mol. The zero-order chi connectivity index (χ0) is 16.7. The molecule has 0 saturated carbocycles. The fourth-order valence-corrected chi connectivity index (χ4v) is 3.27. The van der Waals surface area contributed by atoms with E-state index in [1.807, 2.05) is 0 Å². The van der Waals surface area contributed by atoms with Gasteiger partial charge in [0.05, 0.1) is 5.92 Å². The van der Waals surface area contributed by atoms with Crippen molar-refractivity contribution in [3.05, 3.63) is 21.3 Å². The maximum Gasteiger partial charge on any atom is 0.308 e. The van der Waals surface area contributed by atoms with E-state index in [0.29, 0.717) is 28.6 Å². The number of carboxylic acids is 1. The Morgan fingerprint density at radius 1 is 1.48 bits per heavy atom. The van der Waals surface area contributed by atoms with Gasteiger partial charge in [0.2, 0.25) is 5.91 Å². The maximum absolute atomic E-state index is 12.5. The number of rotatable bonds is 3. The van der Waals surface area contributed by atoms with Crippen molar-refractivity contribution in [3.8, 4) is 0 Å². The summed E-state index contributed by atoms with van der Waals surface area (Å²) in [4.78, 5) is 41.3. The van der Waals surface area contributed by atoms with Crippen molar-refractivity contribution in [2.24, 2.45) is 13.0 Å². The maximum atomic E-state index is 12.5. The van der Waals surface area contributed by atoms with Crippen molar-refractivity contribution in [3.63, 3.8) is 0 Å². The minimum atomic E-state index is -0.903. The molecule has 0 aliphatic carbocycles. The monoisotopic (exact) mass is 383 g/mol. The second-order valence-corrected chi connectivity index (χ2v) is 6.21. The molecule has 2 aromatic rings. The molecule has 0 aromatic carbocycles. The molecule has 1 aliphatic heterocycles. The van der Waals surface area contributed by atoms with Crippen LogP contribution in [0.5, 0.6) is 0 Å². The van der Waals surface area contributed by atoms with E-state index in [1.165, 1.54) is 20.5 Å². The highest BCUT2D eigenvalue weighted by atomic mass is 79.9. The van der Waals surface area contributed by atoms with Gasteiger partial charge in [-0.2, -0.15) is 5.10 Å². The summed E-state index contributed by atoms with van der Waals surface area (Å²) in [6.07, 6.45) is 1.74. The third kappa shape index (κ3) is 2.74. The number of likely N-dealkylation sites (tertiary alicyclic amines) is 1. The summed E-state index contributed by atoms with van der Waals surface area (Å²) in [5, 5.41) is 13.4. The zero-order valence-electron chi connectivity index (χ0n) is 12.3. The highest BCUT2D eigenvalue weighted by Gasteiger charge is 2.31. The van der Waals surface area contributed by atoms with Gasteiger partial charge in [-0.15, -0.1) is 0 Å². The summed E-state index contributed by atoms with van der Waals surface area (Å²) in [7, 11) is 1.67. The minimum Gasteiger partial charge on any atom is -0.481 e. The SMILES string of the molecule is Cn1nc(Br)c2c(=O)n(CC(=O)N3CC[C@H](C(=O)O)C3)cnc21. The molecule has 1 saturated heterocycles. The van der Waals surface area contributed by atoms with Crippen LogP contribution < -0.4 is 5.56 Å². The van der Waals surface area contributed by atoms with Crippen molar-refractivity contribution in [1.82, 2.24) is 24.2 Å². The summed E-state index contributed by atoms with van der Waals surface area (Å²) in [6, 6.07) is 0. The molecular weight excluding hydrogens is 370 g/mol. The summed E-state index contributed by atoms with van der Waals surface area (Å²) >= 11 is 3.21. The topological polar surface area (TPSA) is 110 Å². The van der Waals surface area contributed by atoms with Crippen molar-refractivity contribution in [1.29, 1.82) is 0 Å². The number of fused-ring (bicyclic) bond motifs is 1. The Kier molecular flexibility index (Phi) is 3.92. The quantitative estimate of drug-likeness (QED) is 0.787. The molecule has 1 fully saturated rings. The third-order valence-electron chi connectivity index (χ3n) is 3.96. The molecule has 1 atom stereocenters. The molecule has 1 amide bonds. The number of aromatic nitrogens is 4. The molecule has 0 unspecified atom stereocenters. The van der Waals surface area contributed by atoms with Gasteiger partial charge < -0.3 is 10.0 Å². The molecule has 10 heteroatoms. The van der Waals surface area contributed by atoms with E-state index in [-0.39, 0.29) is 24.6 Å². The predicted octanol–water partition coefficient (Wildman–Crippen LogP) is -0.174. The van der Waals surface area contributed by atoms with Crippen LogP contribution in [0.15, 0.2) is 15.7 Å². The van der Waals surface area contributed by atoms with Crippen molar-refractivity contribution < 1.29 is 14.7 Å². The lowest BCUT2D eigenvalue weighted by Crippen LogP contribution is -2.35. The lowest BCUT2D eigenvalue weighted by atomic mass is 10.1. The number of carboxylic acid groups (broad SMARTS) is 1. The normalized spacial score (nSPS) is 17.8. The summed E-state index contributed by atoms with van der Waals surface area (Å²) < 4.78 is 3.07. The number of carbonyl (C=O) groups is 2. The first-order chi connectivity index (χ1) is 10.9. The summed E-state index contributed by atoms with van der Waals surface area (Å²) in [6.45, 7) is 0.390. The van der Waals surface area contributed by atoms with E-state index in [4.69, 9.17) is 5.11 Å². The van der Waals surface area contributed by atoms with Crippen LogP contribution >= 0.6 is 15.9 Å². The second-order valence-electron chi connectivity index (χ2n) is 5.45.